The Labute approximate surface area is 220 Å². The number of halogens is 1. The third-order valence-corrected chi connectivity index (χ3v) is 6.15. The Bertz CT molecular complexity index is 1290. The third-order valence-electron chi connectivity index (χ3n) is 4.91. The molecule has 0 bridgehead atoms. The molecule has 0 aromatic heterocycles. The molecule has 194 valence electrons. The van der Waals surface area contributed by atoms with Crippen molar-refractivity contribution in [1.82, 2.24) is 4.90 Å². The van der Waals surface area contributed by atoms with Crippen LogP contribution in [0, 0.1) is 0 Å². The van der Waals surface area contributed by atoms with Crippen molar-refractivity contribution < 1.29 is 42.9 Å². The van der Waals surface area contributed by atoms with Crippen LogP contribution in [-0.2, 0) is 23.9 Å². The van der Waals surface area contributed by atoms with E-state index in [0.717, 1.165) is 4.90 Å². The van der Waals surface area contributed by atoms with Crippen LogP contribution >= 0.6 is 23.4 Å². The molecule has 0 unspecified atom stereocenters. The second kappa shape index (κ2) is 12.3. The van der Waals surface area contributed by atoms with Crippen molar-refractivity contribution in [3.05, 3.63) is 57.5 Å². The molecular weight excluding hydrogens is 528 g/mol. The van der Waals surface area contributed by atoms with Gasteiger partial charge in [0.2, 0.25) is 5.91 Å². The van der Waals surface area contributed by atoms with E-state index in [1.54, 1.807) is 18.2 Å². The number of thioether (sulfide) groups is 1. The van der Waals surface area contributed by atoms with Crippen molar-refractivity contribution in [3.8, 4) is 11.5 Å². The number of ether oxygens (including phenoxy) is 4. The highest BCUT2D eigenvalue weighted by atomic mass is 35.5. The first-order valence-corrected chi connectivity index (χ1v) is 11.7. The number of para-hydroxylation sites is 1. The summed E-state index contributed by atoms with van der Waals surface area (Å²) < 4.78 is 20.0. The number of carbonyl (C=O) groups is 5. The van der Waals surface area contributed by atoms with Gasteiger partial charge in [0.25, 0.3) is 11.1 Å². The summed E-state index contributed by atoms with van der Waals surface area (Å²) in [5.74, 6) is -2.22. The number of hydrogen-bond donors (Lipinski definition) is 1. The zero-order valence-electron chi connectivity index (χ0n) is 19.9. The first-order valence-electron chi connectivity index (χ1n) is 10.5. The normalized spacial score (nSPS) is 13.9. The van der Waals surface area contributed by atoms with Crippen molar-refractivity contribution in [3.63, 3.8) is 0 Å². The SMILES string of the molecule is COC(=O)COc1c(/C=C2/SC(=O)N(CC(=O)Nc3ccc(Cl)c(C(=O)OC)c3)C2=O)cccc1OC. The molecule has 2 aromatic rings. The number of benzene rings is 2. The van der Waals surface area contributed by atoms with Gasteiger partial charge in [0, 0.05) is 11.3 Å². The molecule has 0 atom stereocenters. The summed E-state index contributed by atoms with van der Waals surface area (Å²) in [4.78, 5) is 62.1. The van der Waals surface area contributed by atoms with Crippen LogP contribution in [-0.4, -0.2) is 68.4 Å². The van der Waals surface area contributed by atoms with E-state index in [1.807, 2.05) is 0 Å². The number of rotatable bonds is 9. The number of amides is 3. The molecule has 0 radical (unpaired) electrons. The fraction of sp³-hybridized carbons (Fsp3) is 0.208. The fourth-order valence-corrected chi connectivity index (χ4v) is 4.17. The molecule has 11 nitrogen and oxygen atoms in total. The number of esters is 2. The zero-order valence-corrected chi connectivity index (χ0v) is 21.4. The standard InChI is InChI=1S/C24H21ClN2O9S/c1-33-17-6-4-5-13(21(17)36-12-20(29)34-2)9-18-22(30)27(24(32)37-18)11-19(28)26-14-7-8-16(25)15(10-14)23(31)35-3/h4-10H,11-12H2,1-3H3,(H,26,28)/b18-9+. The van der Waals surface area contributed by atoms with E-state index < -0.39 is 42.1 Å². The summed E-state index contributed by atoms with van der Waals surface area (Å²) in [6, 6.07) is 9.03. The molecule has 1 aliphatic rings. The molecule has 1 aliphatic heterocycles. The van der Waals surface area contributed by atoms with Gasteiger partial charge in [-0.3, -0.25) is 19.3 Å². The van der Waals surface area contributed by atoms with E-state index in [9.17, 15) is 24.0 Å². The largest absolute Gasteiger partial charge is 0.493 e. The summed E-state index contributed by atoms with van der Waals surface area (Å²) in [5.41, 5.74) is 0.635. The quantitative estimate of drug-likeness (QED) is 0.366. The Morgan fingerprint density at radius 3 is 2.51 bits per heavy atom. The van der Waals surface area contributed by atoms with E-state index in [4.69, 9.17) is 21.1 Å². The van der Waals surface area contributed by atoms with Gasteiger partial charge in [0.1, 0.15) is 6.54 Å². The van der Waals surface area contributed by atoms with Crippen LogP contribution in [0.15, 0.2) is 41.3 Å². The molecule has 3 amide bonds. The minimum atomic E-state index is -0.696. The number of imide groups is 1. The van der Waals surface area contributed by atoms with Gasteiger partial charge in [-0.15, -0.1) is 0 Å². The van der Waals surface area contributed by atoms with Crippen molar-refractivity contribution >= 4 is 64.1 Å². The first-order chi connectivity index (χ1) is 17.7. The highest BCUT2D eigenvalue weighted by molar-refractivity contribution is 8.18. The smallest absolute Gasteiger partial charge is 0.343 e. The Kier molecular flexibility index (Phi) is 9.15. The fourth-order valence-electron chi connectivity index (χ4n) is 3.14. The molecule has 0 saturated carbocycles. The Hall–Kier alpha value is -4.03. The Balaban J connectivity index is 1.77. The zero-order chi connectivity index (χ0) is 27.1. The van der Waals surface area contributed by atoms with Crippen LogP contribution in [0.3, 0.4) is 0 Å². The Morgan fingerprint density at radius 2 is 1.84 bits per heavy atom. The van der Waals surface area contributed by atoms with Gasteiger partial charge in [0.15, 0.2) is 18.1 Å². The maximum atomic E-state index is 12.9. The molecule has 2 aromatic carbocycles. The van der Waals surface area contributed by atoms with Gasteiger partial charge in [-0.2, -0.15) is 0 Å². The molecule has 0 aliphatic carbocycles. The highest BCUT2D eigenvalue weighted by Crippen LogP contribution is 2.37. The Morgan fingerprint density at radius 1 is 1.08 bits per heavy atom. The van der Waals surface area contributed by atoms with Crippen LogP contribution in [0.1, 0.15) is 15.9 Å². The highest BCUT2D eigenvalue weighted by Gasteiger charge is 2.36. The third kappa shape index (κ3) is 6.60. The molecule has 3 rings (SSSR count). The van der Waals surface area contributed by atoms with E-state index in [-0.39, 0.29) is 26.9 Å². The van der Waals surface area contributed by atoms with Crippen LogP contribution in [0.4, 0.5) is 10.5 Å². The number of nitrogens with one attached hydrogen (secondary N) is 1. The summed E-state index contributed by atoms with van der Waals surface area (Å²) >= 11 is 6.62. The maximum absolute atomic E-state index is 12.9. The minimum absolute atomic E-state index is 0.0356. The lowest BCUT2D eigenvalue weighted by atomic mass is 10.1. The summed E-state index contributed by atoms with van der Waals surface area (Å²) in [6.45, 7) is -0.968. The second-order valence-electron chi connectivity index (χ2n) is 7.25. The number of carbonyl (C=O) groups excluding carboxylic acids is 5. The first kappa shape index (κ1) is 27.6. The van der Waals surface area contributed by atoms with Crippen LogP contribution in [0.2, 0.25) is 5.02 Å². The van der Waals surface area contributed by atoms with E-state index in [2.05, 4.69) is 14.8 Å². The van der Waals surface area contributed by atoms with Crippen molar-refractivity contribution in [2.24, 2.45) is 0 Å². The molecule has 1 N–H and O–H groups in total. The second-order valence-corrected chi connectivity index (χ2v) is 8.65. The van der Waals surface area contributed by atoms with Crippen molar-refractivity contribution in [2.45, 2.75) is 0 Å². The lowest BCUT2D eigenvalue weighted by molar-refractivity contribution is -0.143. The van der Waals surface area contributed by atoms with E-state index in [0.29, 0.717) is 23.1 Å². The van der Waals surface area contributed by atoms with E-state index in [1.165, 1.54) is 45.6 Å². The molecular formula is C24H21ClN2O9S. The van der Waals surface area contributed by atoms with Gasteiger partial charge in [0.05, 0.1) is 36.8 Å². The van der Waals surface area contributed by atoms with Crippen molar-refractivity contribution in [1.29, 1.82) is 0 Å². The average Bonchev–Trinajstić information content (AvgIpc) is 3.15. The summed E-state index contributed by atoms with van der Waals surface area (Å²) in [5, 5.41) is 2.00. The van der Waals surface area contributed by atoms with Gasteiger partial charge in [-0.1, -0.05) is 23.7 Å². The lowest BCUT2D eigenvalue weighted by Crippen LogP contribution is -2.36. The molecule has 1 heterocycles. The number of nitrogens with zero attached hydrogens (tertiary/aromatic N) is 1. The number of hydrogen-bond acceptors (Lipinski definition) is 10. The molecule has 13 heteroatoms. The topological polar surface area (TPSA) is 138 Å². The number of methoxy groups -OCH3 is 3. The van der Waals surface area contributed by atoms with Crippen LogP contribution < -0.4 is 14.8 Å². The van der Waals surface area contributed by atoms with Gasteiger partial charge in [-0.25, -0.2) is 9.59 Å². The lowest BCUT2D eigenvalue weighted by Gasteiger charge is -2.14. The van der Waals surface area contributed by atoms with Gasteiger partial charge < -0.3 is 24.3 Å². The predicted molar refractivity (Wildman–Crippen MR) is 135 cm³/mol. The summed E-state index contributed by atoms with van der Waals surface area (Å²) in [7, 11) is 3.81. The average molecular weight is 549 g/mol. The molecule has 37 heavy (non-hydrogen) atoms. The van der Waals surface area contributed by atoms with Crippen molar-refractivity contribution in [2.75, 3.05) is 39.8 Å². The van der Waals surface area contributed by atoms with Crippen LogP contribution in [0.25, 0.3) is 6.08 Å². The molecule has 1 fully saturated rings. The van der Waals surface area contributed by atoms with Gasteiger partial charge in [-0.05, 0) is 42.1 Å². The monoisotopic (exact) mass is 548 g/mol. The minimum Gasteiger partial charge on any atom is -0.493 e. The number of anilines is 1. The van der Waals surface area contributed by atoms with E-state index >= 15 is 0 Å². The molecule has 0 spiro atoms. The van der Waals surface area contributed by atoms with Crippen LogP contribution in [0.5, 0.6) is 11.5 Å². The van der Waals surface area contributed by atoms with Gasteiger partial charge >= 0.3 is 11.9 Å². The summed E-state index contributed by atoms with van der Waals surface area (Å²) in [6.07, 6.45) is 1.40. The predicted octanol–water partition coefficient (Wildman–Crippen LogP) is 3.36. The molecule has 1 saturated heterocycles. The maximum Gasteiger partial charge on any atom is 0.343 e.